The lowest BCUT2D eigenvalue weighted by molar-refractivity contribution is 0.190. The fourth-order valence-electron chi connectivity index (χ4n) is 3.85. The fraction of sp³-hybridized carbons (Fsp3) is 0.957. The average molecular weight is 382 g/mol. The van der Waals surface area contributed by atoms with Gasteiger partial charge in [0.1, 0.15) is 0 Å². The number of hydrogen-bond acceptors (Lipinski definition) is 2. The highest BCUT2D eigenvalue weighted by Gasteiger charge is 2.14. The quantitative estimate of drug-likeness (QED) is 0.310. The minimum atomic E-state index is 0.123. The normalized spacial score (nSPS) is 14.5. The van der Waals surface area contributed by atoms with Gasteiger partial charge in [0, 0.05) is 32.7 Å². The van der Waals surface area contributed by atoms with Crippen LogP contribution in [0.5, 0.6) is 0 Å². The fourth-order valence-corrected chi connectivity index (χ4v) is 3.85. The lowest BCUT2D eigenvalue weighted by Gasteiger charge is -2.27. The Bertz CT molecular complexity index is 330. The Hall–Kier alpha value is -0.770. The second-order valence-corrected chi connectivity index (χ2v) is 8.27. The molecule has 1 rings (SSSR count). The molecule has 27 heavy (non-hydrogen) atoms. The molecule has 0 radical (unpaired) electrons. The van der Waals surface area contributed by atoms with Crippen LogP contribution < -0.4 is 10.6 Å². The number of nitrogens with one attached hydrogen (secondary N) is 2. The van der Waals surface area contributed by atoms with Crippen molar-refractivity contribution in [2.75, 3.05) is 32.7 Å². The van der Waals surface area contributed by atoms with E-state index in [-0.39, 0.29) is 6.03 Å². The predicted octanol–water partition coefficient (Wildman–Crippen LogP) is 5.86. The van der Waals surface area contributed by atoms with Crippen LogP contribution in [0.2, 0.25) is 0 Å². The zero-order chi connectivity index (χ0) is 19.4. The number of carbonyl (C=O) groups excluding carboxylic acids is 1. The highest BCUT2D eigenvalue weighted by molar-refractivity contribution is 5.74. The Labute approximate surface area is 169 Å². The summed E-state index contributed by atoms with van der Waals surface area (Å²) in [6.45, 7) is 6.64. The van der Waals surface area contributed by atoms with E-state index in [2.05, 4.69) is 17.6 Å². The monoisotopic (exact) mass is 381 g/mol. The van der Waals surface area contributed by atoms with Crippen LogP contribution in [0.4, 0.5) is 4.79 Å². The molecule has 4 heteroatoms. The first kappa shape index (κ1) is 24.3. The molecule has 4 nitrogen and oxygen atoms in total. The summed E-state index contributed by atoms with van der Waals surface area (Å²) in [5.41, 5.74) is 0. The Morgan fingerprint density at radius 2 is 1.11 bits per heavy atom. The van der Waals surface area contributed by atoms with Crippen molar-refractivity contribution in [3.8, 4) is 0 Å². The number of nitrogens with zero attached hydrogens (tertiary/aromatic N) is 1. The van der Waals surface area contributed by atoms with E-state index in [1.807, 2.05) is 4.90 Å². The summed E-state index contributed by atoms with van der Waals surface area (Å²) < 4.78 is 0. The summed E-state index contributed by atoms with van der Waals surface area (Å²) in [4.78, 5) is 13.9. The molecule has 2 N–H and O–H groups in total. The molecular weight excluding hydrogens is 334 g/mol. The van der Waals surface area contributed by atoms with E-state index < -0.39 is 0 Å². The van der Waals surface area contributed by atoms with E-state index in [9.17, 15) is 4.79 Å². The Morgan fingerprint density at radius 1 is 0.704 bits per heavy atom. The lowest BCUT2D eigenvalue weighted by Crippen LogP contribution is -2.50. The zero-order valence-corrected chi connectivity index (χ0v) is 18.2. The predicted molar refractivity (Wildman–Crippen MR) is 117 cm³/mol. The van der Waals surface area contributed by atoms with Crippen molar-refractivity contribution < 1.29 is 4.79 Å². The maximum absolute atomic E-state index is 11.9. The first-order valence-corrected chi connectivity index (χ1v) is 12.1. The number of unbranched alkanes of at least 4 members (excludes halogenated alkanes) is 15. The summed E-state index contributed by atoms with van der Waals surface area (Å²) in [5.74, 6) is 0. The van der Waals surface area contributed by atoms with E-state index in [1.54, 1.807) is 0 Å². The Morgan fingerprint density at radius 3 is 1.56 bits per heavy atom. The molecular formula is C23H47N3O. The zero-order valence-electron chi connectivity index (χ0n) is 18.2. The topological polar surface area (TPSA) is 44.4 Å². The van der Waals surface area contributed by atoms with Crippen LogP contribution in [-0.2, 0) is 0 Å². The lowest BCUT2D eigenvalue weighted by atomic mass is 10.0. The number of hydrogen-bond donors (Lipinski definition) is 2. The molecule has 0 bridgehead atoms. The van der Waals surface area contributed by atoms with Crippen LogP contribution in [0.3, 0.4) is 0 Å². The molecule has 0 aromatic carbocycles. The van der Waals surface area contributed by atoms with Gasteiger partial charge in [0.05, 0.1) is 0 Å². The van der Waals surface area contributed by atoms with E-state index in [0.29, 0.717) is 0 Å². The molecule has 0 unspecified atom stereocenters. The smallest absolute Gasteiger partial charge is 0.317 e. The van der Waals surface area contributed by atoms with Gasteiger partial charge >= 0.3 is 6.03 Å². The molecule has 1 aliphatic rings. The first-order valence-electron chi connectivity index (χ1n) is 12.1. The summed E-state index contributed by atoms with van der Waals surface area (Å²) in [6.07, 6.45) is 22.2. The number of carbonyl (C=O) groups is 1. The van der Waals surface area contributed by atoms with E-state index in [1.165, 1.54) is 96.3 Å². The van der Waals surface area contributed by atoms with Crippen molar-refractivity contribution in [3.05, 3.63) is 0 Å². The van der Waals surface area contributed by atoms with Gasteiger partial charge in [-0.2, -0.15) is 0 Å². The maximum Gasteiger partial charge on any atom is 0.317 e. The average Bonchev–Trinajstić information content (AvgIpc) is 2.70. The maximum atomic E-state index is 11.9. The van der Waals surface area contributed by atoms with Crippen molar-refractivity contribution in [1.82, 2.24) is 15.5 Å². The summed E-state index contributed by atoms with van der Waals surface area (Å²) in [5, 5.41) is 6.33. The first-order chi connectivity index (χ1) is 13.3. The van der Waals surface area contributed by atoms with Gasteiger partial charge in [-0.1, -0.05) is 103 Å². The van der Waals surface area contributed by atoms with Gasteiger partial charge in [-0.05, 0) is 6.42 Å². The molecule has 0 aromatic heterocycles. The molecule has 0 saturated carbocycles. The summed E-state index contributed by atoms with van der Waals surface area (Å²) >= 11 is 0. The SMILES string of the molecule is CCCCCCCCCCCCCCCCCCNC(=O)N1CCNCC1. The molecule has 1 fully saturated rings. The van der Waals surface area contributed by atoms with Crippen molar-refractivity contribution in [3.63, 3.8) is 0 Å². The highest BCUT2D eigenvalue weighted by Crippen LogP contribution is 2.13. The van der Waals surface area contributed by atoms with E-state index in [0.717, 1.165) is 39.1 Å². The van der Waals surface area contributed by atoms with Crippen LogP contribution in [-0.4, -0.2) is 43.7 Å². The van der Waals surface area contributed by atoms with Crippen LogP contribution >= 0.6 is 0 Å². The number of rotatable bonds is 17. The van der Waals surface area contributed by atoms with Gasteiger partial charge < -0.3 is 15.5 Å². The Kier molecular flexibility index (Phi) is 16.7. The van der Waals surface area contributed by atoms with Crippen LogP contribution in [0.1, 0.15) is 110 Å². The van der Waals surface area contributed by atoms with Gasteiger partial charge in [0.25, 0.3) is 0 Å². The van der Waals surface area contributed by atoms with Crippen molar-refractivity contribution in [2.45, 2.75) is 110 Å². The number of piperazine rings is 1. The van der Waals surface area contributed by atoms with Crippen LogP contribution in [0.15, 0.2) is 0 Å². The van der Waals surface area contributed by atoms with Crippen molar-refractivity contribution in [1.29, 1.82) is 0 Å². The minimum Gasteiger partial charge on any atom is -0.338 e. The number of urea groups is 1. The molecule has 2 amide bonds. The second kappa shape index (κ2) is 18.6. The molecule has 160 valence electrons. The number of amides is 2. The molecule has 0 atom stereocenters. The summed E-state index contributed by atoms with van der Waals surface area (Å²) in [6, 6.07) is 0.123. The van der Waals surface area contributed by atoms with Gasteiger partial charge in [0.15, 0.2) is 0 Å². The van der Waals surface area contributed by atoms with Gasteiger partial charge in [-0.25, -0.2) is 4.79 Å². The molecule has 1 saturated heterocycles. The Balaban J connectivity index is 1.71. The standard InChI is InChI=1S/C23H47N3O/c1-2-3-4-5-6-7-8-9-10-11-12-13-14-15-16-17-18-25-23(27)26-21-19-24-20-22-26/h24H,2-22H2,1H3,(H,25,27). The van der Waals surface area contributed by atoms with Crippen LogP contribution in [0.25, 0.3) is 0 Å². The second-order valence-electron chi connectivity index (χ2n) is 8.27. The molecule has 0 aliphatic carbocycles. The molecule has 1 heterocycles. The molecule has 0 spiro atoms. The van der Waals surface area contributed by atoms with Gasteiger partial charge in [-0.15, -0.1) is 0 Å². The van der Waals surface area contributed by atoms with E-state index in [4.69, 9.17) is 0 Å². The highest BCUT2D eigenvalue weighted by atomic mass is 16.2. The summed E-state index contributed by atoms with van der Waals surface area (Å²) in [7, 11) is 0. The van der Waals surface area contributed by atoms with E-state index >= 15 is 0 Å². The van der Waals surface area contributed by atoms with Crippen molar-refractivity contribution in [2.24, 2.45) is 0 Å². The molecule has 0 aromatic rings. The van der Waals surface area contributed by atoms with Crippen LogP contribution in [0, 0.1) is 0 Å². The third kappa shape index (κ3) is 14.9. The van der Waals surface area contributed by atoms with Crippen molar-refractivity contribution >= 4 is 6.03 Å². The van der Waals surface area contributed by atoms with Gasteiger partial charge in [0.2, 0.25) is 0 Å². The molecule has 1 aliphatic heterocycles. The third-order valence-electron chi connectivity index (χ3n) is 5.71. The minimum absolute atomic E-state index is 0.123. The largest absolute Gasteiger partial charge is 0.338 e. The van der Waals surface area contributed by atoms with Gasteiger partial charge in [-0.3, -0.25) is 0 Å². The third-order valence-corrected chi connectivity index (χ3v) is 5.71.